The molecule has 34 heavy (non-hydrogen) atoms. The number of amides is 2. The van der Waals surface area contributed by atoms with Crippen LogP contribution in [0.15, 0.2) is 72.8 Å². The Hall–Kier alpha value is -3.11. The second-order valence-electron chi connectivity index (χ2n) is 9.11. The predicted octanol–water partition coefficient (Wildman–Crippen LogP) is 5.66. The number of hydrogen-bond acceptors (Lipinski definition) is 2. The molecule has 5 heteroatoms. The van der Waals surface area contributed by atoms with Gasteiger partial charge in [0, 0.05) is 24.0 Å². The molecule has 0 unspecified atom stereocenters. The first-order chi connectivity index (χ1) is 16.2. The molecule has 1 atom stereocenters. The van der Waals surface area contributed by atoms with Crippen LogP contribution in [0.3, 0.4) is 0 Å². The van der Waals surface area contributed by atoms with E-state index in [1.165, 1.54) is 5.56 Å². The number of halogens is 1. The fourth-order valence-electron chi connectivity index (χ4n) is 3.91. The van der Waals surface area contributed by atoms with E-state index in [0.29, 0.717) is 18.0 Å². The largest absolute Gasteiger partial charge is 0.352 e. The first kappa shape index (κ1) is 25.5. The second kappa shape index (κ2) is 11.8. The van der Waals surface area contributed by atoms with Gasteiger partial charge in [-0.3, -0.25) is 9.59 Å². The molecule has 0 aliphatic rings. The monoisotopic (exact) mass is 476 g/mol. The number of nitrogens with zero attached hydrogens (tertiary/aromatic N) is 1. The van der Waals surface area contributed by atoms with Gasteiger partial charge >= 0.3 is 0 Å². The van der Waals surface area contributed by atoms with Crippen molar-refractivity contribution in [3.8, 4) is 0 Å². The highest BCUT2D eigenvalue weighted by Crippen LogP contribution is 2.19. The zero-order chi connectivity index (χ0) is 24.7. The number of hydrogen-bond donors (Lipinski definition) is 1. The lowest BCUT2D eigenvalue weighted by Gasteiger charge is -2.32. The Kier molecular flexibility index (Phi) is 8.89. The number of carbonyl (C=O) groups excluding carboxylic acids is 2. The number of nitrogens with one attached hydrogen (secondary N) is 1. The molecular weight excluding hydrogens is 444 g/mol. The van der Waals surface area contributed by atoms with Crippen molar-refractivity contribution in [1.82, 2.24) is 10.2 Å². The zero-order valence-electron chi connectivity index (χ0n) is 20.3. The first-order valence-electron chi connectivity index (χ1n) is 11.7. The minimum Gasteiger partial charge on any atom is -0.352 e. The molecule has 0 saturated heterocycles. The van der Waals surface area contributed by atoms with E-state index in [9.17, 15) is 9.59 Å². The molecule has 4 nitrogen and oxygen atoms in total. The summed E-state index contributed by atoms with van der Waals surface area (Å²) in [5.74, 6) is -0.237. The van der Waals surface area contributed by atoms with Crippen molar-refractivity contribution in [2.75, 3.05) is 0 Å². The Morgan fingerprint density at radius 2 is 1.50 bits per heavy atom. The summed E-state index contributed by atoms with van der Waals surface area (Å²) in [6, 6.07) is 22.7. The van der Waals surface area contributed by atoms with Gasteiger partial charge in [0.15, 0.2) is 0 Å². The van der Waals surface area contributed by atoms with Gasteiger partial charge in [-0.15, -0.1) is 0 Å². The van der Waals surface area contributed by atoms with E-state index in [1.807, 2.05) is 93.6 Å². The summed E-state index contributed by atoms with van der Waals surface area (Å²) in [6.45, 7) is 8.28. The van der Waals surface area contributed by atoms with Gasteiger partial charge in [0.2, 0.25) is 11.8 Å². The third kappa shape index (κ3) is 7.19. The topological polar surface area (TPSA) is 49.4 Å². The van der Waals surface area contributed by atoms with Crippen LogP contribution in [0.25, 0.3) is 0 Å². The Balaban J connectivity index is 1.97. The zero-order valence-corrected chi connectivity index (χ0v) is 21.1. The Morgan fingerprint density at radius 1 is 0.853 bits per heavy atom. The number of carbonyl (C=O) groups is 2. The summed E-state index contributed by atoms with van der Waals surface area (Å²) in [7, 11) is 0. The van der Waals surface area contributed by atoms with Crippen LogP contribution in [0, 0.1) is 13.8 Å². The van der Waals surface area contributed by atoms with E-state index in [0.717, 1.165) is 22.3 Å². The highest BCUT2D eigenvalue weighted by Gasteiger charge is 2.30. The average Bonchev–Trinajstić information content (AvgIpc) is 2.80. The van der Waals surface area contributed by atoms with Crippen molar-refractivity contribution in [3.05, 3.63) is 106 Å². The van der Waals surface area contributed by atoms with E-state index in [2.05, 4.69) is 12.2 Å². The molecule has 0 radical (unpaired) electrons. The highest BCUT2D eigenvalue weighted by atomic mass is 35.5. The Bertz CT molecular complexity index is 1110. The first-order valence-corrected chi connectivity index (χ1v) is 12.0. The van der Waals surface area contributed by atoms with Gasteiger partial charge in [0.25, 0.3) is 0 Å². The van der Waals surface area contributed by atoms with E-state index in [1.54, 1.807) is 4.90 Å². The van der Waals surface area contributed by atoms with Crippen molar-refractivity contribution in [2.45, 2.75) is 59.2 Å². The minimum atomic E-state index is -0.639. The third-order valence-corrected chi connectivity index (χ3v) is 6.15. The highest BCUT2D eigenvalue weighted by molar-refractivity contribution is 6.30. The summed E-state index contributed by atoms with van der Waals surface area (Å²) in [4.78, 5) is 28.8. The fourth-order valence-corrected chi connectivity index (χ4v) is 4.04. The van der Waals surface area contributed by atoms with Gasteiger partial charge in [-0.2, -0.15) is 0 Å². The molecule has 3 aromatic rings. The SMILES string of the molecule is Cc1ccc(CC(=O)N(Cc2ccc(Cl)cc2)[C@H](Cc2ccccc2)C(=O)NC(C)C)cc1C. The smallest absolute Gasteiger partial charge is 0.243 e. The van der Waals surface area contributed by atoms with E-state index in [4.69, 9.17) is 11.6 Å². The van der Waals surface area contributed by atoms with Crippen LogP contribution >= 0.6 is 11.6 Å². The summed E-state index contributed by atoms with van der Waals surface area (Å²) in [5, 5.41) is 3.65. The van der Waals surface area contributed by atoms with Crippen molar-refractivity contribution in [3.63, 3.8) is 0 Å². The lowest BCUT2D eigenvalue weighted by atomic mass is 10.00. The molecule has 0 aliphatic carbocycles. The van der Waals surface area contributed by atoms with E-state index >= 15 is 0 Å². The average molecular weight is 477 g/mol. The van der Waals surface area contributed by atoms with E-state index < -0.39 is 6.04 Å². The van der Waals surface area contributed by atoms with Gasteiger partial charge in [-0.05, 0) is 67.6 Å². The maximum absolute atomic E-state index is 13.7. The van der Waals surface area contributed by atoms with Crippen LogP contribution < -0.4 is 5.32 Å². The summed E-state index contributed by atoms with van der Waals surface area (Å²) in [6.07, 6.45) is 0.667. The summed E-state index contributed by atoms with van der Waals surface area (Å²) in [5.41, 5.74) is 5.21. The number of rotatable bonds is 9. The molecule has 0 saturated carbocycles. The number of aryl methyl sites for hydroxylation is 2. The summed E-state index contributed by atoms with van der Waals surface area (Å²) >= 11 is 6.08. The van der Waals surface area contributed by atoms with Crippen LogP contribution in [0.5, 0.6) is 0 Å². The normalized spacial score (nSPS) is 11.8. The van der Waals surface area contributed by atoms with Gasteiger partial charge in [-0.25, -0.2) is 0 Å². The molecule has 3 aromatic carbocycles. The molecule has 3 rings (SSSR count). The molecule has 2 amide bonds. The number of benzene rings is 3. The van der Waals surface area contributed by atoms with Crippen LogP contribution in [0.4, 0.5) is 0 Å². The van der Waals surface area contributed by atoms with E-state index in [-0.39, 0.29) is 24.3 Å². The van der Waals surface area contributed by atoms with Crippen LogP contribution in [0.2, 0.25) is 5.02 Å². The van der Waals surface area contributed by atoms with Gasteiger partial charge in [-0.1, -0.05) is 72.3 Å². The summed E-state index contributed by atoms with van der Waals surface area (Å²) < 4.78 is 0. The van der Waals surface area contributed by atoms with Crippen molar-refractivity contribution < 1.29 is 9.59 Å². The lowest BCUT2D eigenvalue weighted by Crippen LogP contribution is -2.52. The molecule has 0 fully saturated rings. The Morgan fingerprint density at radius 3 is 2.12 bits per heavy atom. The van der Waals surface area contributed by atoms with Crippen LogP contribution in [0.1, 0.15) is 41.7 Å². The molecule has 178 valence electrons. The van der Waals surface area contributed by atoms with Crippen molar-refractivity contribution in [2.24, 2.45) is 0 Å². The van der Waals surface area contributed by atoms with Gasteiger partial charge in [0.05, 0.1) is 6.42 Å². The fraction of sp³-hybridized carbons (Fsp3) is 0.310. The molecule has 0 spiro atoms. The maximum atomic E-state index is 13.7. The third-order valence-electron chi connectivity index (χ3n) is 5.89. The predicted molar refractivity (Wildman–Crippen MR) is 139 cm³/mol. The molecule has 0 aromatic heterocycles. The Labute approximate surface area is 207 Å². The van der Waals surface area contributed by atoms with Gasteiger partial charge in [0.1, 0.15) is 6.04 Å². The van der Waals surface area contributed by atoms with Gasteiger partial charge < -0.3 is 10.2 Å². The van der Waals surface area contributed by atoms with Crippen LogP contribution in [-0.2, 0) is 29.0 Å². The van der Waals surface area contributed by atoms with Crippen LogP contribution in [-0.4, -0.2) is 28.8 Å². The molecular formula is C29H33ClN2O2. The minimum absolute atomic E-state index is 0.0296. The van der Waals surface area contributed by atoms with Crippen molar-refractivity contribution in [1.29, 1.82) is 0 Å². The van der Waals surface area contributed by atoms with Crippen molar-refractivity contribution >= 4 is 23.4 Å². The molecule has 0 heterocycles. The lowest BCUT2D eigenvalue weighted by molar-refractivity contribution is -0.141. The maximum Gasteiger partial charge on any atom is 0.243 e. The second-order valence-corrected chi connectivity index (χ2v) is 9.55. The standard InChI is InChI=1S/C29H33ClN2O2/c1-20(2)31-29(34)27(17-23-8-6-5-7-9-23)32(19-24-12-14-26(30)15-13-24)28(33)18-25-11-10-21(3)22(4)16-25/h5-16,20,27H,17-19H2,1-4H3,(H,31,34)/t27-/m1/s1. The molecule has 0 bridgehead atoms. The quantitative estimate of drug-likeness (QED) is 0.433. The molecule has 0 aliphatic heterocycles. The molecule has 1 N–H and O–H groups in total.